The summed E-state index contributed by atoms with van der Waals surface area (Å²) in [6.07, 6.45) is 4.94. The largest absolute Gasteiger partial charge is 0.394 e. The molecule has 1 aromatic carbocycles. The first kappa shape index (κ1) is 13.2. The minimum Gasteiger partial charge on any atom is -0.394 e. The number of rotatable bonds is 4. The second kappa shape index (κ2) is 6.11. The minimum atomic E-state index is -0.244. The number of carbonyl (C=O) groups excluding carboxylic acids is 1. The zero-order valence-corrected chi connectivity index (χ0v) is 10.7. The fourth-order valence-electron chi connectivity index (χ4n) is 1.77. The Morgan fingerprint density at radius 2 is 2.21 bits per heavy atom. The van der Waals surface area contributed by atoms with Gasteiger partial charge in [-0.1, -0.05) is 18.2 Å². The molecule has 2 aromatic rings. The number of aliphatic hydroxyl groups excluding tert-OH is 1. The highest BCUT2D eigenvalue weighted by atomic mass is 16.3. The van der Waals surface area contributed by atoms with Crippen LogP contribution in [0.5, 0.6) is 0 Å². The molecule has 0 fully saturated rings. The molecule has 0 saturated carbocycles. The van der Waals surface area contributed by atoms with Gasteiger partial charge in [-0.15, -0.1) is 0 Å². The number of fused-ring (bicyclic) bond motifs is 1. The lowest BCUT2D eigenvalue weighted by Crippen LogP contribution is -2.33. The molecule has 1 heterocycles. The SMILES string of the molecule is CC(CO)NC(=O)/C=C/c1ccnc2ccccc12. The van der Waals surface area contributed by atoms with Crippen LogP contribution in [0, 0.1) is 0 Å². The van der Waals surface area contributed by atoms with Crippen molar-refractivity contribution in [1.29, 1.82) is 0 Å². The van der Waals surface area contributed by atoms with E-state index in [1.54, 1.807) is 19.2 Å². The van der Waals surface area contributed by atoms with Crippen molar-refractivity contribution >= 4 is 22.9 Å². The van der Waals surface area contributed by atoms with Gasteiger partial charge in [0.1, 0.15) is 0 Å². The minimum absolute atomic E-state index is 0.0717. The van der Waals surface area contributed by atoms with Crippen molar-refractivity contribution in [3.63, 3.8) is 0 Å². The van der Waals surface area contributed by atoms with Crippen LogP contribution in [-0.2, 0) is 4.79 Å². The van der Waals surface area contributed by atoms with Gasteiger partial charge in [0, 0.05) is 23.7 Å². The quantitative estimate of drug-likeness (QED) is 0.819. The van der Waals surface area contributed by atoms with Crippen LogP contribution in [-0.4, -0.2) is 28.6 Å². The van der Waals surface area contributed by atoms with Crippen LogP contribution in [0.2, 0.25) is 0 Å². The van der Waals surface area contributed by atoms with Crippen molar-refractivity contribution < 1.29 is 9.90 Å². The Kier molecular flexibility index (Phi) is 4.26. The van der Waals surface area contributed by atoms with Crippen LogP contribution in [0.15, 0.2) is 42.6 Å². The molecule has 2 N–H and O–H groups in total. The Hall–Kier alpha value is -2.20. The lowest BCUT2D eigenvalue weighted by molar-refractivity contribution is -0.117. The number of para-hydroxylation sites is 1. The molecule has 1 unspecified atom stereocenters. The smallest absolute Gasteiger partial charge is 0.244 e. The van der Waals surface area contributed by atoms with Crippen LogP contribution in [0.3, 0.4) is 0 Å². The average molecular weight is 256 g/mol. The number of carbonyl (C=O) groups is 1. The van der Waals surface area contributed by atoms with Gasteiger partial charge < -0.3 is 10.4 Å². The van der Waals surface area contributed by atoms with Crippen LogP contribution in [0.1, 0.15) is 12.5 Å². The highest BCUT2D eigenvalue weighted by Crippen LogP contribution is 2.17. The lowest BCUT2D eigenvalue weighted by Gasteiger charge is -2.07. The number of aromatic nitrogens is 1. The van der Waals surface area contributed by atoms with E-state index in [1.807, 2.05) is 30.3 Å². The Bertz CT molecular complexity index is 603. The summed E-state index contributed by atoms with van der Waals surface area (Å²) in [4.78, 5) is 15.9. The summed E-state index contributed by atoms with van der Waals surface area (Å²) in [6, 6.07) is 9.39. The summed E-state index contributed by atoms with van der Waals surface area (Å²) in [5, 5.41) is 12.5. The molecule has 0 radical (unpaired) electrons. The molecule has 0 bridgehead atoms. The fraction of sp³-hybridized carbons (Fsp3) is 0.200. The van der Waals surface area contributed by atoms with Gasteiger partial charge in [-0.05, 0) is 30.7 Å². The molecule has 1 aromatic heterocycles. The third kappa shape index (κ3) is 3.39. The summed E-state index contributed by atoms with van der Waals surface area (Å²) < 4.78 is 0. The van der Waals surface area contributed by atoms with E-state index in [9.17, 15) is 4.79 Å². The Balaban J connectivity index is 2.19. The number of pyridine rings is 1. The van der Waals surface area contributed by atoms with E-state index in [0.29, 0.717) is 0 Å². The first-order chi connectivity index (χ1) is 9.20. The summed E-state index contributed by atoms with van der Waals surface area (Å²) in [5.74, 6) is -0.220. The van der Waals surface area contributed by atoms with E-state index in [1.165, 1.54) is 6.08 Å². The van der Waals surface area contributed by atoms with Gasteiger partial charge in [-0.25, -0.2) is 0 Å². The highest BCUT2D eigenvalue weighted by molar-refractivity contribution is 5.95. The molecule has 1 atom stereocenters. The average Bonchev–Trinajstić information content (AvgIpc) is 2.44. The molecule has 0 spiro atoms. The van der Waals surface area contributed by atoms with Crippen molar-refractivity contribution in [1.82, 2.24) is 10.3 Å². The van der Waals surface area contributed by atoms with E-state index in [2.05, 4.69) is 10.3 Å². The van der Waals surface area contributed by atoms with Crippen molar-refractivity contribution in [2.75, 3.05) is 6.61 Å². The molecule has 2 rings (SSSR count). The van der Waals surface area contributed by atoms with Gasteiger partial charge in [0.15, 0.2) is 0 Å². The van der Waals surface area contributed by atoms with Crippen LogP contribution in [0.25, 0.3) is 17.0 Å². The predicted octanol–water partition coefficient (Wildman–Crippen LogP) is 1.75. The van der Waals surface area contributed by atoms with Gasteiger partial charge in [-0.3, -0.25) is 9.78 Å². The first-order valence-corrected chi connectivity index (χ1v) is 6.14. The zero-order chi connectivity index (χ0) is 13.7. The molecule has 1 amide bonds. The summed E-state index contributed by atoms with van der Waals surface area (Å²) >= 11 is 0. The summed E-state index contributed by atoms with van der Waals surface area (Å²) in [7, 11) is 0. The monoisotopic (exact) mass is 256 g/mol. The number of amides is 1. The molecule has 0 aliphatic rings. The number of nitrogens with zero attached hydrogens (tertiary/aromatic N) is 1. The van der Waals surface area contributed by atoms with E-state index < -0.39 is 0 Å². The number of aliphatic hydroxyl groups is 1. The number of hydrogen-bond donors (Lipinski definition) is 2. The Labute approximate surface area is 111 Å². The van der Waals surface area contributed by atoms with Gasteiger partial charge in [0.2, 0.25) is 5.91 Å². The van der Waals surface area contributed by atoms with Crippen molar-refractivity contribution in [2.24, 2.45) is 0 Å². The van der Waals surface area contributed by atoms with Crippen molar-refractivity contribution in [3.8, 4) is 0 Å². The van der Waals surface area contributed by atoms with E-state index in [0.717, 1.165) is 16.5 Å². The first-order valence-electron chi connectivity index (χ1n) is 6.14. The van der Waals surface area contributed by atoms with Gasteiger partial charge in [0.25, 0.3) is 0 Å². The van der Waals surface area contributed by atoms with Crippen LogP contribution >= 0.6 is 0 Å². The standard InChI is InChI=1S/C15H16N2O2/c1-11(10-18)17-15(19)7-6-12-8-9-16-14-5-3-2-4-13(12)14/h2-9,11,18H,10H2,1H3,(H,17,19)/b7-6+. The van der Waals surface area contributed by atoms with E-state index in [4.69, 9.17) is 5.11 Å². The molecule has 0 aliphatic heterocycles. The maximum Gasteiger partial charge on any atom is 0.244 e. The van der Waals surface area contributed by atoms with Crippen LogP contribution in [0.4, 0.5) is 0 Å². The maximum absolute atomic E-state index is 11.6. The normalized spacial score (nSPS) is 12.7. The molecule has 4 heteroatoms. The van der Waals surface area contributed by atoms with E-state index >= 15 is 0 Å². The number of nitrogens with one attached hydrogen (secondary N) is 1. The molecule has 0 aliphatic carbocycles. The molecule has 0 saturated heterocycles. The molecule has 19 heavy (non-hydrogen) atoms. The second-order valence-corrected chi connectivity index (χ2v) is 4.34. The van der Waals surface area contributed by atoms with Crippen molar-refractivity contribution in [2.45, 2.75) is 13.0 Å². The Morgan fingerprint density at radius 1 is 1.42 bits per heavy atom. The van der Waals surface area contributed by atoms with Crippen LogP contribution < -0.4 is 5.32 Å². The van der Waals surface area contributed by atoms with Gasteiger partial charge >= 0.3 is 0 Å². The molecular weight excluding hydrogens is 240 g/mol. The molecule has 4 nitrogen and oxygen atoms in total. The third-order valence-corrected chi connectivity index (χ3v) is 2.76. The van der Waals surface area contributed by atoms with Gasteiger partial charge in [-0.2, -0.15) is 0 Å². The maximum atomic E-state index is 11.6. The highest BCUT2D eigenvalue weighted by Gasteiger charge is 2.03. The third-order valence-electron chi connectivity index (χ3n) is 2.76. The predicted molar refractivity (Wildman–Crippen MR) is 75.5 cm³/mol. The van der Waals surface area contributed by atoms with Crippen molar-refractivity contribution in [3.05, 3.63) is 48.2 Å². The lowest BCUT2D eigenvalue weighted by atomic mass is 10.1. The molecular formula is C15H16N2O2. The van der Waals surface area contributed by atoms with Gasteiger partial charge in [0.05, 0.1) is 12.1 Å². The second-order valence-electron chi connectivity index (χ2n) is 4.34. The zero-order valence-electron chi connectivity index (χ0n) is 10.7. The van der Waals surface area contributed by atoms with E-state index in [-0.39, 0.29) is 18.6 Å². The summed E-state index contributed by atoms with van der Waals surface area (Å²) in [5.41, 5.74) is 1.84. The summed E-state index contributed by atoms with van der Waals surface area (Å²) in [6.45, 7) is 1.67. The number of benzene rings is 1. The number of hydrogen-bond acceptors (Lipinski definition) is 3. The fourth-order valence-corrected chi connectivity index (χ4v) is 1.77. The Morgan fingerprint density at radius 3 is 3.00 bits per heavy atom. The topological polar surface area (TPSA) is 62.2 Å². The molecule has 98 valence electrons.